The number of aliphatic hydroxyl groups excluding tert-OH is 1. The van der Waals surface area contributed by atoms with Crippen molar-refractivity contribution in [2.75, 3.05) is 13.1 Å². The van der Waals surface area contributed by atoms with E-state index < -0.39 is 17.7 Å². The number of piperidine rings is 1. The van der Waals surface area contributed by atoms with Gasteiger partial charge in [0.05, 0.1) is 11.8 Å². The van der Waals surface area contributed by atoms with E-state index in [2.05, 4.69) is 17.0 Å². The second kappa shape index (κ2) is 10.3. The molecule has 1 fully saturated rings. The number of aliphatic hydroxyl groups is 1. The summed E-state index contributed by atoms with van der Waals surface area (Å²) in [5, 5.41) is 10.9. The number of likely N-dealkylation sites (tertiary alicyclic amines) is 1. The second-order valence-electron chi connectivity index (χ2n) is 9.29. The molecule has 0 radical (unpaired) electrons. The van der Waals surface area contributed by atoms with Crippen LogP contribution in [0, 0.1) is 0 Å². The standard InChI is InChI=1S/C29H30N2O4/c32-24(14-13-21-8-3-1-4-9-21)26-27(25-12-7-19-35-25)31(29(34)28(26)33)23-15-17-30(18-16-23)20-22-10-5-2-6-11-22/h1-12,19,23,27,33H,13-18,20H2. The highest BCUT2D eigenvalue weighted by molar-refractivity contribution is 6.09. The number of carbonyl (C=O) groups is 2. The molecule has 2 aliphatic heterocycles. The Bertz CT molecular complexity index is 1180. The van der Waals surface area contributed by atoms with Crippen LogP contribution in [0.15, 0.2) is 94.8 Å². The summed E-state index contributed by atoms with van der Waals surface area (Å²) in [6, 6.07) is 22.9. The summed E-state index contributed by atoms with van der Waals surface area (Å²) < 4.78 is 5.68. The van der Waals surface area contributed by atoms with Gasteiger partial charge in [-0.05, 0) is 42.5 Å². The Morgan fingerprint density at radius 1 is 0.914 bits per heavy atom. The second-order valence-corrected chi connectivity index (χ2v) is 9.29. The molecule has 1 unspecified atom stereocenters. The van der Waals surface area contributed by atoms with Crippen LogP contribution in [-0.4, -0.2) is 45.7 Å². The van der Waals surface area contributed by atoms with E-state index in [1.807, 2.05) is 48.5 Å². The van der Waals surface area contributed by atoms with E-state index in [0.717, 1.165) is 38.0 Å². The van der Waals surface area contributed by atoms with Crippen LogP contribution in [0.4, 0.5) is 0 Å². The van der Waals surface area contributed by atoms with Crippen molar-refractivity contribution in [3.05, 3.63) is 107 Å². The highest BCUT2D eigenvalue weighted by Gasteiger charge is 2.47. The molecule has 6 nitrogen and oxygen atoms in total. The van der Waals surface area contributed by atoms with E-state index in [1.165, 1.54) is 5.56 Å². The molecule has 0 spiro atoms. The first-order chi connectivity index (χ1) is 17.1. The van der Waals surface area contributed by atoms with Crippen molar-refractivity contribution in [3.8, 4) is 0 Å². The Morgan fingerprint density at radius 2 is 1.57 bits per heavy atom. The minimum absolute atomic E-state index is 0.0776. The van der Waals surface area contributed by atoms with Crippen LogP contribution >= 0.6 is 0 Å². The molecule has 2 aliphatic rings. The van der Waals surface area contributed by atoms with Crippen LogP contribution in [0.25, 0.3) is 0 Å². The van der Waals surface area contributed by atoms with Crippen molar-refractivity contribution in [1.82, 2.24) is 9.80 Å². The predicted octanol–water partition coefficient (Wildman–Crippen LogP) is 4.84. The average Bonchev–Trinajstić information content (AvgIpc) is 3.51. The number of furan rings is 1. The van der Waals surface area contributed by atoms with E-state index in [1.54, 1.807) is 23.3 Å². The lowest BCUT2D eigenvalue weighted by Gasteiger charge is -2.39. The molecule has 0 bridgehead atoms. The molecule has 1 N–H and O–H groups in total. The Balaban J connectivity index is 1.32. The van der Waals surface area contributed by atoms with Crippen LogP contribution < -0.4 is 0 Å². The first-order valence-corrected chi connectivity index (χ1v) is 12.2. The smallest absolute Gasteiger partial charge is 0.290 e. The van der Waals surface area contributed by atoms with Gasteiger partial charge in [-0.25, -0.2) is 0 Å². The van der Waals surface area contributed by atoms with Crippen LogP contribution in [0.5, 0.6) is 0 Å². The highest BCUT2D eigenvalue weighted by atomic mass is 16.3. The molecule has 6 heteroatoms. The Morgan fingerprint density at radius 3 is 2.20 bits per heavy atom. The van der Waals surface area contributed by atoms with Gasteiger partial charge < -0.3 is 14.4 Å². The summed E-state index contributed by atoms with van der Waals surface area (Å²) in [4.78, 5) is 30.7. The third-order valence-electron chi connectivity index (χ3n) is 7.04. The predicted molar refractivity (Wildman–Crippen MR) is 132 cm³/mol. The lowest BCUT2D eigenvalue weighted by Crippen LogP contribution is -2.47. The molecule has 0 saturated carbocycles. The van der Waals surface area contributed by atoms with Gasteiger partial charge in [0, 0.05) is 32.1 Å². The monoisotopic (exact) mass is 470 g/mol. The number of nitrogens with zero attached hydrogens (tertiary/aromatic N) is 2. The average molecular weight is 471 g/mol. The van der Waals surface area contributed by atoms with Gasteiger partial charge in [-0.1, -0.05) is 60.7 Å². The molecule has 3 heterocycles. The molecular formula is C29H30N2O4. The van der Waals surface area contributed by atoms with Crippen molar-refractivity contribution >= 4 is 11.7 Å². The van der Waals surface area contributed by atoms with Crippen LogP contribution in [0.1, 0.15) is 42.2 Å². The number of ketones is 1. The van der Waals surface area contributed by atoms with E-state index in [4.69, 9.17) is 4.42 Å². The number of amides is 1. The number of carbonyl (C=O) groups excluding carboxylic acids is 2. The van der Waals surface area contributed by atoms with Crippen molar-refractivity contribution in [2.45, 2.75) is 44.3 Å². The van der Waals surface area contributed by atoms with Gasteiger partial charge >= 0.3 is 0 Å². The number of rotatable bonds is 8. The molecule has 1 amide bonds. The minimum Gasteiger partial charge on any atom is -0.503 e. The molecule has 1 saturated heterocycles. The number of hydrogen-bond donors (Lipinski definition) is 1. The minimum atomic E-state index is -0.688. The Labute approximate surface area is 205 Å². The fourth-order valence-corrected chi connectivity index (χ4v) is 5.25. The zero-order chi connectivity index (χ0) is 24.2. The van der Waals surface area contributed by atoms with Gasteiger partial charge in [-0.3, -0.25) is 14.5 Å². The molecule has 5 rings (SSSR count). The van der Waals surface area contributed by atoms with Gasteiger partial charge in [0.2, 0.25) is 0 Å². The summed E-state index contributed by atoms with van der Waals surface area (Å²) in [5.41, 5.74) is 2.47. The lowest BCUT2D eigenvalue weighted by atomic mass is 9.94. The maximum atomic E-state index is 13.3. The molecule has 3 aromatic rings. The molecule has 2 aromatic carbocycles. The number of Topliss-reactive ketones (excluding diaryl/α,β-unsaturated/α-hetero) is 1. The molecule has 0 aliphatic carbocycles. The van der Waals surface area contributed by atoms with E-state index in [9.17, 15) is 14.7 Å². The summed E-state index contributed by atoms with van der Waals surface area (Å²) in [6.07, 6.45) is 3.86. The summed E-state index contributed by atoms with van der Waals surface area (Å²) >= 11 is 0. The molecule has 1 atom stereocenters. The third kappa shape index (κ3) is 4.93. The van der Waals surface area contributed by atoms with Gasteiger partial charge in [0.1, 0.15) is 11.8 Å². The Hall–Kier alpha value is -3.64. The topological polar surface area (TPSA) is 74.0 Å². The largest absolute Gasteiger partial charge is 0.503 e. The maximum absolute atomic E-state index is 13.3. The van der Waals surface area contributed by atoms with Crippen molar-refractivity contribution < 1.29 is 19.1 Å². The normalized spacial score (nSPS) is 19.5. The summed E-state index contributed by atoms with van der Waals surface area (Å²) in [7, 11) is 0. The van der Waals surface area contributed by atoms with E-state index >= 15 is 0 Å². The fraction of sp³-hybridized carbons (Fsp3) is 0.310. The molecule has 1 aromatic heterocycles. The van der Waals surface area contributed by atoms with Gasteiger partial charge in [0.25, 0.3) is 5.91 Å². The first kappa shape index (κ1) is 23.1. The van der Waals surface area contributed by atoms with Crippen molar-refractivity contribution in [3.63, 3.8) is 0 Å². The van der Waals surface area contributed by atoms with Crippen molar-refractivity contribution in [1.29, 1.82) is 0 Å². The van der Waals surface area contributed by atoms with Gasteiger partial charge in [-0.15, -0.1) is 0 Å². The first-order valence-electron chi connectivity index (χ1n) is 12.2. The molecule has 35 heavy (non-hydrogen) atoms. The number of benzene rings is 2. The van der Waals surface area contributed by atoms with Gasteiger partial charge in [0.15, 0.2) is 11.5 Å². The highest BCUT2D eigenvalue weighted by Crippen LogP contribution is 2.41. The van der Waals surface area contributed by atoms with Crippen molar-refractivity contribution in [2.24, 2.45) is 0 Å². The number of hydrogen-bond acceptors (Lipinski definition) is 5. The van der Waals surface area contributed by atoms with Crippen LogP contribution in [-0.2, 0) is 22.6 Å². The quantitative estimate of drug-likeness (QED) is 0.510. The molecular weight excluding hydrogens is 440 g/mol. The van der Waals surface area contributed by atoms with Crippen LogP contribution in [0.3, 0.4) is 0 Å². The van der Waals surface area contributed by atoms with E-state index in [0.29, 0.717) is 12.2 Å². The zero-order valence-corrected chi connectivity index (χ0v) is 19.7. The fourth-order valence-electron chi connectivity index (χ4n) is 5.25. The third-order valence-corrected chi connectivity index (χ3v) is 7.04. The lowest BCUT2D eigenvalue weighted by molar-refractivity contribution is -0.133. The molecule has 180 valence electrons. The number of aryl methyl sites for hydroxylation is 1. The van der Waals surface area contributed by atoms with E-state index in [-0.39, 0.29) is 23.8 Å². The summed E-state index contributed by atoms with van der Waals surface area (Å²) in [6.45, 7) is 2.55. The van der Waals surface area contributed by atoms with Crippen LogP contribution in [0.2, 0.25) is 0 Å². The maximum Gasteiger partial charge on any atom is 0.290 e. The SMILES string of the molecule is O=C(CCc1ccccc1)C1=C(O)C(=O)N(C2CCN(Cc3ccccc3)CC2)C1c1ccco1. The summed E-state index contributed by atoms with van der Waals surface area (Å²) in [5.74, 6) is -0.616. The van der Waals surface area contributed by atoms with Gasteiger partial charge in [-0.2, -0.15) is 0 Å². The Kier molecular flexibility index (Phi) is 6.82. The zero-order valence-electron chi connectivity index (χ0n) is 19.7.